The van der Waals surface area contributed by atoms with Crippen LogP contribution in [0.2, 0.25) is 0 Å². The number of hydrogen-bond donors (Lipinski definition) is 2. The summed E-state index contributed by atoms with van der Waals surface area (Å²) in [6.07, 6.45) is 0. The number of carboxylic acids is 2. The van der Waals surface area contributed by atoms with Crippen molar-refractivity contribution in [1.29, 1.82) is 0 Å². The van der Waals surface area contributed by atoms with Crippen molar-refractivity contribution in [2.45, 2.75) is 33.4 Å². The maximum Gasteiger partial charge on any atom is 0.320 e. The van der Waals surface area contributed by atoms with Crippen LogP contribution >= 0.6 is 0 Å². The summed E-state index contributed by atoms with van der Waals surface area (Å²) in [7, 11) is 0. The Morgan fingerprint density at radius 2 is 1.65 bits per heavy atom. The van der Waals surface area contributed by atoms with Crippen LogP contribution in [0.1, 0.15) is 25.0 Å². The SMILES string of the molecule is Cc1ccc(CN(CC(C)C(=O)O)C(C)C(=O)O)cc1. The predicted octanol–water partition coefficient (Wildman–Crippen LogP) is 1.99. The van der Waals surface area contributed by atoms with Gasteiger partial charge in [0.15, 0.2) is 0 Å². The zero-order valence-corrected chi connectivity index (χ0v) is 12.0. The first-order valence-corrected chi connectivity index (χ1v) is 6.56. The number of hydrogen-bond acceptors (Lipinski definition) is 3. The van der Waals surface area contributed by atoms with E-state index < -0.39 is 23.9 Å². The molecule has 0 spiro atoms. The molecule has 2 unspecified atom stereocenters. The summed E-state index contributed by atoms with van der Waals surface area (Å²) in [4.78, 5) is 23.8. The molecule has 20 heavy (non-hydrogen) atoms. The van der Waals surface area contributed by atoms with Gasteiger partial charge in [-0.3, -0.25) is 14.5 Å². The van der Waals surface area contributed by atoms with Gasteiger partial charge in [0.05, 0.1) is 5.92 Å². The number of aryl methyl sites for hydroxylation is 1. The molecule has 0 fully saturated rings. The van der Waals surface area contributed by atoms with Gasteiger partial charge in [0.2, 0.25) is 0 Å². The third kappa shape index (κ3) is 4.66. The second kappa shape index (κ2) is 7.05. The molecule has 0 saturated heterocycles. The van der Waals surface area contributed by atoms with Gasteiger partial charge in [-0.2, -0.15) is 0 Å². The third-order valence-electron chi connectivity index (χ3n) is 3.34. The normalized spacial score (nSPS) is 14.0. The zero-order chi connectivity index (χ0) is 15.3. The van der Waals surface area contributed by atoms with E-state index in [0.717, 1.165) is 11.1 Å². The highest BCUT2D eigenvalue weighted by molar-refractivity contribution is 5.73. The second-order valence-electron chi connectivity index (χ2n) is 5.17. The number of carbonyl (C=O) groups is 2. The van der Waals surface area contributed by atoms with Gasteiger partial charge in [-0.1, -0.05) is 36.8 Å². The molecule has 0 aliphatic rings. The highest BCUT2D eigenvalue weighted by Gasteiger charge is 2.24. The molecule has 0 radical (unpaired) electrons. The quantitative estimate of drug-likeness (QED) is 0.798. The van der Waals surface area contributed by atoms with Crippen molar-refractivity contribution in [2.24, 2.45) is 5.92 Å². The van der Waals surface area contributed by atoms with Gasteiger partial charge in [-0.05, 0) is 19.4 Å². The van der Waals surface area contributed by atoms with Gasteiger partial charge >= 0.3 is 11.9 Å². The minimum absolute atomic E-state index is 0.205. The number of rotatable bonds is 7. The number of benzene rings is 1. The first-order chi connectivity index (χ1) is 9.31. The molecule has 1 aromatic rings. The van der Waals surface area contributed by atoms with Gasteiger partial charge in [-0.25, -0.2) is 0 Å². The second-order valence-corrected chi connectivity index (χ2v) is 5.17. The highest BCUT2D eigenvalue weighted by atomic mass is 16.4. The van der Waals surface area contributed by atoms with Gasteiger partial charge in [0.25, 0.3) is 0 Å². The molecule has 1 rings (SSSR count). The average Bonchev–Trinajstić information content (AvgIpc) is 2.39. The van der Waals surface area contributed by atoms with Crippen LogP contribution in [0.15, 0.2) is 24.3 Å². The fourth-order valence-electron chi connectivity index (χ4n) is 1.87. The minimum atomic E-state index is -0.949. The molecule has 5 heteroatoms. The summed E-state index contributed by atoms with van der Waals surface area (Å²) in [6, 6.07) is 7.06. The van der Waals surface area contributed by atoms with Crippen molar-refractivity contribution < 1.29 is 19.8 Å². The lowest BCUT2D eigenvalue weighted by molar-refractivity contribution is -0.147. The molecular weight excluding hydrogens is 258 g/mol. The largest absolute Gasteiger partial charge is 0.481 e. The zero-order valence-electron chi connectivity index (χ0n) is 12.0. The van der Waals surface area contributed by atoms with Crippen LogP contribution in [0, 0.1) is 12.8 Å². The van der Waals surface area contributed by atoms with Crippen molar-refractivity contribution in [2.75, 3.05) is 6.54 Å². The Kier molecular flexibility index (Phi) is 5.70. The molecule has 0 bridgehead atoms. The summed E-state index contributed by atoms with van der Waals surface area (Å²) >= 11 is 0. The van der Waals surface area contributed by atoms with Gasteiger partial charge in [-0.15, -0.1) is 0 Å². The summed E-state index contributed by atoms with van der Waals surface area (Å²) < 4.78 is 0. The fraction of sp³-hybridized carbons (Fsp3) is 0.467. The van der Waals surface area contributed by atoms with E-state index in [1.54, 1.807) is 18.7 Å². The summed E-state index contributed by atoms with van der Waals surface area (Å²) in [5.74, 6) is -2.48. The van der Waals surface area contributed by atoms with Crippen LogP contribution in [-0.4, -0.2) is 39.6 Å². The Hall–Kier alpha value is -1.88. The Bertz CT molecular complexity index is 469. The molecule has 2 N–H and O–H groups in total. The first kappa shape index (κ1) is 16.2. The monoisotopic (exact) mass is 279 g/mol. The van der Waals surface area contributed by atoms with Crippen LogP contribution in [0.5, 0.6) is 0 Å². The molecule has 5 nitrogen and oxygen atoms in total. The summed E-state index contributed by atoms with van der Waals surface area (Å²) in [5.41, 5.74) is 2.10. The minimum Gasteiger partial charge on any atom is -0.481 e. The standard InChI is InChI=1S/C15H21NO4/c1-10-4-6-13(7-5-10)9-16(12(3)15(19)20)8-11(2)14(17)18/h4-7,11-12H,8-9H2,1-3H3,(H,17,18)(H,19,20). The number of carboxylic acid groups (broad SMARTS) is 2. The molecule has 0 amide bonds. The Labute approximate surface area is 118 Å². The predicted molar refractivity (Wildman–Crippen MR) is 75.5 cm³/mol. The molecule has 0 aromatic heterocycles. The average molecular weight is 279 g/mol. The van der Waals surface area contributed by atoms with E-state index in [0.29, 0.717) is 6.54 Å². The van der Waals surface area contributed by atoms with E-state index in [2.05, 4.69) is 0 Å². The molecule has 0 aliphatic heterocycles. The van der Waals surface area contributed by atoms with Crippen molar-refractivity contribution >= 4 is 11.9 Å². The lowest BCUT2D eigenvalue weighted by Crippen LogP contribution is -2.42. The number of aliphatic carboxylic acids is 2. The van der Waals surface area contributed by atoms with Crippen molar-refractivity contribution in [1.82, 2.24) is 4.90 Å². The van der Waals surface area contributed by atoms with Gasteiger partial charge in [0.1, 0.15) is 6.04 Å². The topological polar surface area (TPSA) is 77.8 Å². The number of nitrogens with zero attached hydrogens (tertiary/aromatic N) is 1. The van der Waals surface area contributed by atoms with Crippen LogP contribution < -0.4 is 0 Å². The van der Waals surface area contributed by atoms with Gasteiger partial charge < -0.3 is 10.2 Å². The van der Waals surface area contributed by atoms with E-state index in [1.165, 1.54) is 0 Å². The first-order valence-electron chi connectivity index (χ1n) is 6.56. The molecule has 110 valence electrons. The summed E-state index contributed by atoms with van der Waals surface area (Å²) in [6.45, 7) is 5.76. The third-order valence-corrected chi connectivity index (χ3v) is 3.34. The molecule has 0 saturated carbocycles. The molecule has 1 aromatic carbocycles. The Morgan fingerprint density at radius 1 is 1.10 bits per heavy atom. The lowest BCUT2D eigenvalue weighted by Gasteiger charge is -2.28. The van der Waals surface area contributed by atoms with Crippen molar-refractivity contribution in [3.63, 3.8) is 0 Å². The summed E-state index contributed by atoms with van der Waals surface area (Å²) in [5, 5.41) is 18.1. The molecule has 2 atom stereocenters. The maximum absolute atomic E-state index is 11.1. The highest BCUT2D eigenvalue weighted by Crippen LogP contribution is 2.13. The maximum atomic E-state index is 11.1. The Balaban J connectivity index is 2.84. The fourth-order valence-corrected chi connectivity index (χ4v) is 1.87. The smallest absolute Gasteiger partial charge is 0.320 e. The van der Waals surface area contributed by atoms with Crippen LogP contribution in [0.3, 0.4) is 0 Å². The van der Waals surface area contributed by atoms with E-state index in [1.807, 2.05) is 31.2 Å². The Morgan fingerprint density at radius 3 is 2.10 bits per heavy atom. The van der Waals surface area contributed by atoms with E-state index in [-0.39, 0.29) is 6.54 Å². The van der Waals surface area contributed by atoms with Crippen LogP contribution in [-0.2, 0) is 16.1 Å². The molecule has 0 aliphatic carbocycles. The molecular formula is C15H21NO4. The van der Waals surface area contributed by atoms with Crippen LogP contribution in [0.25, 0.3) is 0 Å². The van der Waals surface area contributed by atoms with E-state index in [4.69, 9.17) is 10.2 Å². The van der Waals surface area contributed by atoms with Crippen molar-refractivity contribution in [3.05, 3.63) is 35.4 Å². The van der Waals surface area contributed by atoms with E-state index in [9.17, 15) is 9.59 Å². The van der Waals surface area contributed by atoms with Crippen LogP contribution in [0.4, 0.5) is 0 Å². The lowest BCUT2D eigenvalue weighted by atomic mass is 10.1. The van der Waals surface area contributed by atoms with Crippen molar-refractivity contribution in [3.8, 4) is 0 Å². The molecule has 0 heterocycles. The van der Waals surface area contributed by atoms with E-state index >= 15 is 0 Å². The van der Waals surface area contributed by atoms with Gasteiger partial charge in [0, 0.05) is 13.1 Å².